The second kappa shape index (κ2) is 9.01. The number of aryl methyl sites for hydroxylation is 1. The van der Waals surface area contributed by atoms with Gasteiger partial charge in [0.15, 0.2) is 5.13 Å². The van der Waals surface area contributed by atoms with E-state index in [9.17, 15) is 4.79 Å². The normalized spacial score (nSPS) is 17.5. The van der Waals surface area contributed by atoms with Gasteiger partial charge in [0, 0.05) is 23.9 Å². The van der Waals surface area contributed by atoms with Crippen LogP contribution in [0, 0.1) is 5.92 Å². The lowest BCUT2D eigenvalue weighted by atomic mass is 9.86. The molecule has 1 amide bonds. The lowest BCUT2D eigenvalue weighted by molar-refractivity contribution is -0.116. The number of nitrogens with one attached hydrogen (secondary N) is 1. The van der Waals surface area contributed by atoms with E-state index >= 15 is 0 Å². The highest BCUT2D eigenvalue weighted by Crippen LogP contribution is 2.29. The first-order valence-corrected chi connectivity index (χ1v) is 11.4. The molecule has 4 rings (SSSR count). The molecule has 0 bridgehead atoms. The van der Waals surface area contributed by atoms with Gasteiger partial charge in [-0.25, -0.2) is 4.98 Å². The van der Waals surface area contributed by atoms with E-state index in [0.29, 0.717) is 6.42 Å². The summed E-state index contributed by atoms with van der Waals surface area (Å²) in [6.07, 6.45) is 16.2. The van der Waals surface area contributed by atoms with E-state index in [-0.39, 0.29) is 5.91 Å². The highest BCUT2D eigenvalue weighted by Gasteiger charge is 2.16. The van der Waals surface area contributed by atoms with E-state index in [1.54, 1.807) is 16.9 Å². The molecule has 1 fully saturated rings. The molecule has 0 aliphatic heterocycles. The SMILES string of the molecule is O=C(CCC1CCCCC1)Nc1ncc(Cc2cccc3c2CCCC3)s1. The molecule has 2 aliphatic rings. The Morgan fingerprint density at radius 3 is 2.85 bits per heavy atom. The molecular formula is C23H30N2OS. The summed E-state index contributed by atoms with van der Waals surface area (Å²) >= 11 is 1.63. The fourth-order valence-corrected chi connectivity index (χ4v) is 5.51. The van der Waals surface area contributed by atoms with Gasteiger partial charge in [-0.3, -0.25) is 4.79 Å². The summed E-state index contributed by atoms with van der Waals surface area (Å²) in [7, 11) is 0. The van der Waals surface area contributed by atoms with Crippen LogP contribution in [0.5, 0.6) is 0 Å². The maximum Gasteiger partial charge on any atom is 0.226 e. The Kier molecular flexibility index (Phi) is 6.23. The molecule has 1 aromatic heterocycles. The average molecular weight is 383 g/mol. The Labute approximate surface area is 166 Å². The molecule has 1 N–H and O–H groups in total. The zero-order valence-electron chi connectivity index (χ0n) is 16.1. The Hall–Kier alpha value is -1.68. The van der Waals surface area contributed by atoms with Crippen LogP contribution in [0.1, 0.15) is 79.4 Å². The Morgan fingerprint density at radius 2 is 1.96 bits per heavy atom. The van der Waals surface area contributed by atoms with Gasteiger partial charge < -0.3 is 5.32 Å². The third-order valence-electron chi connectivity index (χ3n) is 6.16. The predicted molar refractivity (Wildman–Crippen MR) is 112 cm³/mol. The van der Waals surface area contributed by atoms with Crippen LogP contribution in [-0.4, -0.2) is 10.9 Å². The van der Waals surface area contributed by atoms with Crippen LogP contribution >= 0.6 is 11.3 Å². The number of thiazole rings is 1. The second-order valence-electron chi connectivity index (χ2n) is 8.16. The minimum absolute atomic E-state index is 0.124. The van der Waals surface area contributed by atoms with Crippen molar-refractivity contribution in [1.82, 2.24) is 4.98 Å². The molecule has 1 saturated carbocycles. The van der Waals surface area contributed by atoms with Crippen molar-refractivity contribution < 1.29 is 4.79 Å². The number of hydrogen-bond acceptors (Lipinski definition) is 3. The molecule has 4 heteroatoms. The third kappa shape index (κ3) is 4.98. The van der Waals surface area contributed by atoms with Gasteiger partial charge >= 0.3 is 0 Å². The van der Waals surface area contributed by atoms with Crippen LogP contribution in [-0.2, 0) is 24.1 Å². The molecular weight excluding hydrogens is 352 g/mol. The fraction of sp³-hybridized carbons (Fsp3) is 0.565. The highest BCUT2D eigenvalue weighted by molar-refractivity contribution is 7.15. The molecule has 0 saturated heterocycles. The maximum atomic E-state index is 12.3. The van der Waals surface area contributed by atoms with Crippen molar-refractivity contribution in [2.24, 2.45) is 5.92 Å². The van der Waals surface area contributed by atoms with Gasteiger partial charge in [0.05, 0.1) is 0 Å². The van der Waals surface area contributed by atoms with Gasteiger partial charge in [0.1, 0.15) is 0 Å². The van der Waals surface area contributed by atoms with E-state index in [4.69, 9.17) is 0 Å². The number of carbonyl (C=O) groups is 1. The summed E-state index contributed by atoms with van der Waals surface area (Å²) in [5.41, 5.74) is 4.51. The molecule has 2 aromatic rings. The molecule has 0 atom stereocenters. The fourth-order valence-electron chi connectivity index (χ4n) is 4.65. The Balaban J connectivity index is 1.31. The number of hydrogen-bond donors (Lipinski definition) is 1. The maximum absolute atomic E-state index is 12.3. The van der Waals surface area contributed by atoms with Crippen LogP contribution < -0.4 is 5.32 Å². The van der Waals surface area contributed by atoms with Crippen LogP contribution in [0.4, 0.5) is 5.13 Å². The highest BCUT2D eigenvalue weighted by atomic mass is 32.1. The number of nitrogens with zero attached hydrogens (tertiary/aromatic N) is 1. The number of benzene rings is 1. The molecule has 0 spiro atoms. The van der Waals surface area contributed by atoms with Gasteiger partial charge in [0.2, 0.25) is 5.91 Å². The van der Waals surface area contributed by atoms with Crippen molar-refractivity contribution in [3.8, 4) is 0 Å². The lowest BCUT2D eigenvalue weighted by Gasteiger charge is -2.20. The van der Waals surface area contributed by atoms with E-state index in [1.165, 1.54) is 73.8 Å². The molecule has 0 radical (unpaired) electrons. The Bertz CT molecular complexity index is 776. The van der Waals surface area contributed by atoms with E-state index in [1.807, 2.05) is 6.20 Å². The van der Waals surface area contributed by atoms with E-state index < -0.39 is 0 Å². The summed E-state index contributed by atoms with van der Waals surface area (Å²) in [5.74, 6) is 0.874. The van der Waals surface area contributed by atoms with Crippen molar-refractivity contribution in [3.05, 3.63) is 46.0 Å². The summed E-state index contributed by atoms with van der Waals surface area (Å²) in [6, 6.07) is 6.73. The first-order valence-electron chi connectivity index (χ1n) is 10.6. The molecule has 1 aromatic carbocycles. The molecule has 2 aliphatic carbocycles. The van der Waals surface area contributed by atoms with Gasteiger partial charge in [-0.15, -0.1) is 11.3 Å². The van der Waals surface area contributed by atoms with Crippen LogP contribution in [0.15, 0.2) is 24.4 Å². The number of aromatic nitrogens is 1. The zero-order chi connectivity index (χ0) is 18.5. The quantitative estimate of drug-likeness (QED) is 0.674. The zero-order valence-corrected chi connectivity index (χ0v) is 17.0. The topological polar surface area (TPSA) is 42.0 Å². The van der Waals surface area contributed by atoms with E-state index in [2.05, 4.69) is 28.5 Å². The van der Waals surface area contributed by atoms with Crippen molar-refractivity contribution in [1.29, 1.82) is 0 Å². The molecule has 27 heavy (non-hydrogen) atoms. The summed E-state index contributed by atoms with van der Waals surface area (Å²) in [4.78, 5) is 17.9. The van der Waals surface area contributed by atoms with Gasteiger partial charge in [0.25, 0.3) is 0 Å². The average Bonchev–Trinajstić information content (AvgIpc) is 3.14. The van der Waals surface area contributed by atoms with Crippen molar-refractivity contribution >= 4 is 22.4 Å². The molecule has 0 unspecified atom stereocenters. The molecule has 1 heterocycles. The number of anilines is 1. The number of carbonyl (C=O) groups excluding carboxylic acids is 1. The minimum atomic E-state index is 0.124. The first-order chi connectivity index (χ1) is 13.3. The van der Waals surface area contributed by atoms with Crippen LogP contribution in [0.3, 0.4) is 0 Å². The number of amides is 1. The standard InChI is InChI=1S/C23H30N2OS/c26-22(14-13-17-7-2-1-3-8-17)25-23-24-16-20(27-23)15-19-11-6-10-18-9-4-5-12-21(18)19/h6,10-11,16-17H,1-5,7-9,12-15H2,(H,24,25,26). The number of rotatable bonds is 6. The van der Waals surface area contributed by atoms with Crippen molar-refractivity contribution in [2.75, 3.05) is 5.32 Å². The molecule has 144 valence electrons. The Morgan fingerprint density at radius 1 is 1.11 bits per heavy atom. The predicted octanol–water partition coefficient (Wildman–Crippen LogP) is 5.91. The first kappa shape index (κ1) is 18.7. The van der Waals surface area contributed by atoms with Gasteiger partial charge in [-0.05, 0) is 54.7 Å². The van der Waals surface area contributed by atoms with E-state index in [0.717, 1.165) is 23.9 Å². The smallest absolute Gasteiger partial charge is 0.226 e. The summed E-state index contributed by atoms with van der Waals surface area (Å²) < 4.78 is 0. The van der Waals surface area contributed by atoms with Crippen molar-refractivity contribution in [2.45, 2.75) is 77.0 Å². The largest absolute Gasteiger partial charge is 0.302 e. The monoisotopic (exact) mass is 382 g/mol. The number of fused-ring (bicyclic) bond motifs is 1. The minimum Gasteiger partial charge on any atom is -0.302 e. The van der Waals surface area contributed by atoms with Crippen molar-refractivity contribution in [3.63, 3.8) is 0 Å². The summed E-state index contributed by atoms with van der Waals surface area (Å²) in [5, 5.41) is 3.77. The summed E-state index contributed by atoms with van der Waals surface area (Å²) in [6.45, 7) is 0. The van der Waals surface area contributed by atoms with Gasteiger partial charge in [-0.2, -0.15) is 0 Å². The van der Waals surface area contributed by atoms with Gasteiger partial charge in [-0.1, -0.05) is 50.3 Å². The molecule has 3 nitrogen and oxygen atoms in total. The van der Waals surface area contributed by atoms with Crippen LogP contribution in [0.2, 0.25) is 0 Å². The second-order valence-corrected chi connectivity index (χ2v) is 9.28. The third-order valence-corrected chi connectivity index (χ3v) is 7.07. The lowest BCUT2D eigenvalue weighted by Crippen LogP contribution is -2.14. The van der Waals surface area contributed by atoms with Crippen LogP contribution in [0.25, 0.3) is 0 Å².